The first-order chi connectivity index (χ1) is 15.5. The van der Waals surface area contributed by atoms with Gasteiger partial charge in [-0.05, 0) is 42.7 Å². The van der Waals surface area contributed by atoms with E-state index >= 15 is 0 Å². The van der Waals surface area contributed by atoms with Crippen molar-refractivity contribution in [2.24, 2.45) is 7.05 Å². The highest BCUT2D eigenvalue weighted by Crippen LogP contribution is 2.33. The fraction of sp³-hybridized carbons (Fsp3) is 0.375. The number of benzene rings is 2. The number of para-hydroxylation sites is 2. The van der Waals surface area contributed by atoms with E-state index in [2.05, 4.69) is 0 Å². The molecule has 2 amide bonds. The van der Waals surface area contributed by atoms with Crippen LogP contribution < -0.4 is 9.47 Å². The number of imidazole rings is 1. The van der Waals surface area contributed by atoms with Gasteiger partial charge in [-0.2, -0.15) is 0 Å². The first kappa shape index (κ1) is 20.4. The summed E-state index contributed by atoms with van der Waals surface area (Å²) >= 11 is 0. The molecule has 0 saturated carbocycles. The minimum Gasteiger partial charge on any atom is -0.454 e. The number of aromatic nitrogens is 2. The smallest absolute Gasteiger partial charge is 0.246 e. The monoisotopic (exact) mass is 434 g/mol. The summed E-state index contributed by atoms with van der Waals surface area (Å²) in [7, 11) is 1.96. The van der Waals surface area contributed by atoms with Crippen molar-refractivity contribution in [3.05, 3.63) is 53.9 Å². The third kappa shape index (κ3) is 3.66. The molecule has 5 rings (SSSR count). The van der Waals surface area contributed by atoms with E-state index in [0.29, 0.717) is 37.6 Å². The zero-order chi connectivity index (χ0) is 22.2. The Hall–Kier alpha value is -3.55. The maximum Gasteiger partial charge on any atom is 0.246 e. The number of likely N-dealkylation sites (tertiary alicyclic amines) is 1. The van der Waals surface area contributed by atoms with Gasteiger partial charge in [-0.1, -0.05) is 18.2 Å². The molecule has 8 nitrogen and oxygen atoms in total. The summed E-state index contributed by atoms with van der Waals surface area (Å²) in [5.41, 5.74) is 2.85. The molecule has 0 N–H and O–H groups in total. The second-order valence-electron chi connectivity index (χ2n) is 8.33. The molecule has 2 aliphatic heterocycles. The molecule has 2 aliphatic rings. The van der Waals surface area contributed by atoms with Crippen LogP contribution in [0.1, 0.15) is 31.2 Å². The van der Waals surface area contributed by atoms with Crippen LogP contribution in [0.25, 0.3) is 11.0 Å². The van der Waals surface area contributed by atoms with Gasteiger partial charge in [0.15, 0.2) is 11.5 Å². The van der Waals surface area contributed by atoms with Crippen molar-refractivity contribution in [3.8, 4) is 11.5 Å². The number of nitrogens with zero attached hydrogens (tertiary/aromatic N) is 4. The number of fused-ring (bicyclic) bond motifs is 2. The summed E-state index contributed by atoms with van der Waals surface area (Å²) in [5.74, 6) is 2.08. The van der Waals surface area contributed by atoms with Gasteiger partial charge in [0.05, 0.1) is 17.6 Å². The lowest BCUT2D eigenvalue weighted by Gasteiger charge is -2.30. The normalized spacial score (nSPS) is 17.2. The van der Waals surface area contributed by atoms with E-state index in [1.807, 2.05) is 54.1 Å². The summed E-state index contributed by atoms with van der Waals surface area (Å²) in [6.07, 6.45) is 1.51. The summed E-state index contributed by atoms with van der Waals surface area (Å²) < 4.78 is 12.9. The Bertz CT molecular complexity index is 1190. The van der Waals surface area contributed by atoms with Crippen LogP contribution >= 0.6 is 0 Å². The lowest BCUT2D eigenvalue weighted by molar-refractivity contribution is -0.143. The molecule has 0 bridgehead atoms. The van der Waals surface area contributed by atoms with Crippen molar-refractivity contribution in [2.75, 3.05) is 13.3 Å². The average Bonchev–Trinajstić information content (AvgIpc) is 3.52. The molecular weight excluding hydrogens is 408 g/mol. The van der Waals surface area contributed by atoms with Crippen molar-refractivity contribution < 1.29 is 19.1 Å². The summed E-state index contributed by atoms with van der Waals surface area (Å²) in [5, 5.41) is 0. The molecule has 3 aromatic rings. The highest BCUT2D eigenvalue weighted by Gasteiger charge is 2.35. The van der Waals surface area contributed by atoms with E-state index in [1.54, 1.807) is 9.80 Å². The van der Waals surface area contributed by atoms with Crippen molar-refractivity contribution in [1.29, 1.82) is 0 Å². The predicted octanol–water partition coefficient (Wildman–Crippen LogP) is 2.84. The second-order valence-corrected chi connectivity index (χ2v) is 8.33. The third-order valence-corrected chi connectivity index (χ3v) is 6.28. The van der Waals surface area contributed by atoms with E-state index in [9.17, 15) is 9.59 Å². The molecule has 1 fully saturated rings. The van der Waals surface area contributed by atoms with Crippen LogP contribution in [0.15, 0.2) is 42.5 Å². The standard InChI is InChI=1S/C24H26N4O4/c1-16(29)28-11-5-8-20(28)24(30)27(13-17-9-10-21-22(12-17)32-15-31-21)14-23-25-18-6-3-4-7-19(18)26(23)2/h3-4,6-7,9-10,12,20H,5,8,11,13-15H2,1-2H3. The fourth-order valence-electron chi connectivity index (χ4n) is 4.59. The Morgan fingerprint density at radius 2 is 1.94 bits per heavy atom. The van der Waals surface area contributed by atoms with Gasteiger partial charge in [0.25, 0.3) is 0 Å². The van der Waals surface area contributed by atoms with Gasteiger partial charge in [-0.15, -0.1) is 0 Å². The molecule has 1 atom stereocenters. The van der Waals surface area contributed by atoms with Crippen LogP contribution in [-0.2, 0) is 29.7 Å². The molecule has 32 heavy (non-hydrogen) atoms. The summed E-state index contributed by atoms with van der Waals surface area (Å²) in [6, 6.07) is 13.2. The largest absolute Gasteiger partial charge is 0.454 e. The van der Waals surface area contributed by atoms with Gasteiger partial charge >= 0.3 is 0 Å². The van der Waals surface area contributed by atoms with E-state index < -0.39 is 6.04 Å². The van der Waals surface area contributed by atoms with E-state index in [-0.39, 0.29) is 18.6 Å². The second kappa shape index (κ2) is 8.18. The molecule has 0 radical (unpaired) electrons. The highest BCUT2D eigenvalue weighted by molar-refractivity contribution is 5.87. The first-order valence-corrected chi connectivity index (χ1v) is 10.9. The number of ether oxygens (including phenoxy) is 2. The molecule has 1 saturated heterocycles. The topological polar surface area (TPSA) is 76.9 Å². The van der Waals surface area contributed by atoms with E-state index in [0.717, 1.165) is 28.8 Å². The van der Waals surface area contributed by atoms with Crippen LogP contribution in [0.3, 0.4) is 0 Å². The van der Waals surface area contributed by atoms with Crippen LogP contribution in [0, 0.1) is 0 Å². The lowest BCUT2D eigenvalue weighted by Crippen LogP contribution is -2.46. The van der Waals surface area contributed by atoms with Gasteiger partial charge in [0.1, 0.15) is 11.9 Å². The number of hydrogen-bond donors (Lipinski definition) is 0. The summed E-state index contributed by atoms with van der Waals surface area (Å²) in [4.78, 5) is 34.0. The molecule has 166 valence electrons. The number of carbonyl (C=O) groups excluding carboxylic acids is 2. The molecule has 2 aromatic carbocycles. The quantitative estimate of drug-likeness (QED) is 0.617. The Morgan fingerprint density at radius 1 is 1.12 bits per heavy atom. The molecule has 0 aliphatic carbocycles. The van der Waals surface area contributed by atoms with Gasteiger partial charge < -0.3 is 23.8 Å². The van der Waals surface area contributed by atoms with Crippen LogP contribution in [0.2, 0.25) is 0 Å². The first-order valence-electron chi connectivity index (χ1n) is 10.9. The van der Waals surface area contributed by atoms with Gasteiger partial charge in [-0.3, -0.25) is 9.59 Å². The van der Waals surface area contributed by atoms with Crippen molar-refractivity contribution in [2.45, 2.75) is 38.9 Å². The van der Waals surface area contributed by atoms with Crippen LogP contribution in [0.5, 0.6) is 11.5 Å². The molecule has 3 heterocycles. The van der Waals surface area contributed by atoms with Crippen LogP contribution in [-0.4, -0.2) is 50.5 Å². The minimum atomic E-state index is -0.434. The average molecular weight is 434 g/mol. The Balaban J connectivity index is 1.47. The molecule has 1 unspecified atom stereocenters. The van der Waals surface area contributed by atoms with E-state index in [1.165, 1.54) is 6.92 Å². The molecule has 8 heteroatoms. The third-order valence-electron chi connectivity index (χ3n) is 6.28. The van der Waals surface area contributed by atoms with Crippen molar-refractivity contribution in [3.63, 3.8) is 0 Å². The number of carbonyl (C=O) groups is 2. The highest BCUT2D eigenvalue weighted by atomic mass is 16.7. The molecule has 0 spiro atoms. The van der Waals surface area contributed by atoms with Gasteiger partial charge in [0, 0.05) is 27.1 Å². The lowest BCUT2D eigenvalue weighted by atomic mass is 10.1. The minimum absolute atomic E-state index is 0.0533. The van der Waals surface area contributed by atoms with Gasteiger partial charge in [-0.25, -0.2) is 4.98 Å². The zero-order valence-electron chi connectivity index (χ0n) is 18.3. The van der Waals surface area contributed by atoms with E-state index in [4.69, 9.17) is 14.5 Å². The number of amides is 2. The van der Waals surface area contributed by atoms with Gasteiger partial charge in [0.2, 0.25) is 18.6 Å². The van der Waals surface area contributed by atoms with Crippen LogP contribution in [0.4, 0.5) is 0 Å². The Kier molecular flexibility index (Phi) is 5.20. The predicted molar refractivity (Wildman–Crippen MR) is 118 cm³/mol. The van der Waals surface area contributed by atoms with Crippen molar-refractivity contribution in [1.82, 2.24) is 19.4 Å². The maximum absolute atomic E-state index is 13.7. The number of hydrogen-bond acceptors (Lipinski definition) is 5. The SMILES string of the molecule is CC(=O)N1CCCC1C(=O)N(Cc1ccc2c(c1)OCO2)Cc1nc2ccccc2n1C. The molecule has 1 aromatic heterocycles. The Morgan fingerprint density at radius 3 is 2.75 bits per heavy atom. The number of aryl methyl sites for hydroxylation is 1. The molecular formula is C24H26N4O4. The summed E-state index contributed by atoms with van der Waals surface area (Å²) in [6.45, 7) is 3.09. The maximum atomic E-state index is 13.7. The Labute approximate surface area is 186 Å². The van der Waals surface area contributed by atoms with Crippen molar-refractivity contribution >= 4 is 22.8 Å². The number of rotatable bonds is 5. The zero-order valence-corrected chi connectivity index (χ0v) is 18.3. The fourth-order valence-corrected chi connectivity index (χ4v) is 4.59.